The predicted molar refractivity (Wildman–Crippen MR) is 76.4 cm³/mol. The van der Waals surface area contributed by atoms with Crippen LogP contribution < -0.4 is 15.4 Å². The van der Waals surface area contributed by atoms with Crippen molar-refractivity contribution in [1.82, 2.24) is 5.32 Å². The smallest absolute Gasteiger partial charge is 0.227 e. The van der Waals surface area contributed by atoms with Gasteiger partial charge in [0, 0.05) is 17.7 Å². The van der Waals surface area contributed by atoms with Crippen molar-refractivity contribution in [2.24, 2.45) is 5.92 Å². The van der Waals surface area contributed by atoms with E-state index in [-0.39, 0.29) is 17.9 Å². The number of amides is 1. The van der Waals surface area contributed by atoms with Crippen LogP contribution in [0.4, 0.5) is 5.69 Å². The van der Waals surface area contributed by atoms with Crippen molar-refractivity contribution >= 4 is 11.6 Å². The first-order valence-corrected chi connectivity index (χ1v) is 6.93. The normalized spacial score (nSPS) is 16.4. The number of piperidine rings is 1. The van der Waals surface area contributed by atoms with Crippen LogP contribution in [0.1, 0.15) is 26.7 Å². The van der Waals surface area contributed by atoms with E-state index in [1.165, 1.54) is 0 Å². The number of rotatable bonds is 4. The van der Waals surface area contributed by atoms with Gasteiger partial charge < -0.3 is 15.4 Å². The molecule has 104 valence electrons. The van der Waals surface area contributed by atoms with Crippen molar-refractivity contribution in [3.05, 3.63) is 24.3 Å². The van der Waals surface area contributed by atoms with Crippen LogP contribution in [-0.4, -0.2) is 25.1 Å². The fourth-order valence-corrected chi connectivity index (χ4v) is 2.25. The Morgan fingerprint density at radius 1 is 1.37 bits per heavy atom. The van der Waals surface area contributed by atoms with Gasteiger partial charge in [-0.15, -0.1) is 0 Å². The second-order valence-electron chi connectivity index (χ2n) is 5.21. The lowest BCUT2D eigenvalue weighted by molar-refractivity contribution is -0.120. The molecule has 0 aromatic heterocycles. The number of carbonyl (C=O) groups is 1. The molecule has 2 rings (SSSR count). The molecule has 1 saturated heterocycles. The molecule has 0 bridgehead atoms. The molecule has 19 heavy (non-hydrogen) atoms. The lowest BCUT2D eigenvalue weighted by atomic mass is 9.97. The number of ether oxygens (including phenoxy) is 1. The van der Waals surface area contributed by atoms with Gasteiger partial charge in [-0.3, -0.25) is 4.79 Å². The van der Waals surface area contributed by atoms with Crippen molar-refractivity contribution in [1.29, 1.82) is 0 Å². The van der Waals surface area contributed by atoms with Crippen molar-refractivity contribution < 1.29 is 9.53 Å². The second-order valence-corrected chi connectivity index (χ2v) is 5.21. The third kappa shape index (κ3) is 4.24. The van der Waals surface area contributed by atoms with Gasteiger partial charge in [-0.05, 0) is 51.9 Å². The first kappa shape index (κ1) is 13.9. The minimum atomic E-state index is 0.114. The minimum absolute atomic E-state index is 0.114. The van der Waals surface area contributed by atoms with E-state index in [1.807, 2.05) is 38.1 Å². The first-order chi connectivity index (χ1) is 9.15. The molecule has 1 aliphatic rings. The van der Waals surface area contributed by atoms with Crippen LogP contribution >= 0.6 is 0 Å². The fourth-order valence-electron chi connectivity index (χ4n) is 2.25. The zero-order chi connectivity index (χ0) is 13.7. The summed E-state index contributed by atoms with van der Waals surface area (Å²) < 4.78 is 5.62. The summed E-state index contributed by atoms with van der Waals surface area (Å²) in [5, 5.41) is 6.24. The van der Waals surface area contributed by atoms with E-state index in [9.17, 15) is 4.79 Å². The summed E-state index contributed by atoms with van der Waals surface area (Å²) in [4.78, 5) is 12.1. The summed E-state index contributed by atoms with van der Waals surface area (Å²) in [6, 6.07) is 7.57. The summed E-state index contributed by atoms with van der Waals surface area (Å²) in [6.45, 7) is 5.82. The number of carbonyl (C=O) groups excluding carboxylic acids is 1. The molecule has 4 heteroatoms. The van der Waals surface area contributed by atoms with E-state index >= 15 is 0 Å². The van der Waals surface area contributed by atoms with E-state index in [4.69, 9.17) is 4.74 Å². The molecule has 1 aromatic rings. The van der Waals surface area contributed by atoms with Crippen molar-refractivity contribution in [2.75, 3.05) is 18.4 Å². The third-order valence-electron chi connectivity index (χ3n) is 3.18. The van der Waals surface area contributed by atoms with Gasteiger partial charge in [-0.2, -0.15) is 0 Å². The number of benzene rings is 1. The Morgan fingerprint density at radius 3 is 2.79 bits per heavy atom. The van der Waals surface area contributed by atoms with Gasteiger partial charge in [-0.25, -0.2) is 0 Å². The molecule has 0 unspecified atom stereocenters. The highest BCUT2D eigenvalue weighted by Gasteiger charge is 2.20. The Labute approximate surface area is 114 Å². The van der Waals surface area contributed by atoms with Crippen molar-refractivity contribution in [3.8, 4) is 5.75 Å². The largest absolute Gasteiger partial charge is 0.491 e. The van der Waals surface area contributed by atoms with Crippen LogP contribution in [0.5, 0.6) is 5.75 Å². The maximum atomic E-state index is 12.1. The highest BCUT2D eigenvalue weighted by Crippen LogP contribution is 2.20. The Kier molecular flexibility index (Phi) is 4.80. The minimum Gasteiger partial charge on any atom is -0.491 e. The molecule has 2 N–H and O–H groups in total. The SMILES string of the molecule is CC(C)Oc1cccc(NC(=O)C2CCNCC2)c1. The maximum absolute atomic E-state index is 12.1. The summed E-state index contributed by atoms with van der Waals surface area (Å²) in [7, 11) is 0. The summed E-state index contributed by atoms with van der Waals surface area (Å²) in [5.74, 6) is 1.03. The molecule has 0 radical (unpaired) electrons. The Morgan fingerprint density at radius 2 is 2.11 bits per heavy atom. The monoisotopic (exact) mass is 262 g/mol. The van der Waals surface area contributed by atoms with Crippen LogP contribution in [0.15, 0.2) is 24.3 Å². The van der Waals surface area contributed by atoms with E-state index in [2.05, 4.69) is 10.6 Å². The van der Waals surface area contributed by atoms with Gasteiger partial charge in [0.25, 0.3) is 0 Å². The van der Waals surface area contributed by atoms with Gasteiger partial charge in [-0.1, -0.05) is 6.07 Å². The molecule has 1 aliphatic heterocycles. The predicted octanol–water partition coefficient (Wildman–Crippen LogP) is 2.41. The quantitative estimate of drug-likeness (QED) is 0.876. The van der Waals surface area contributed by atoms with Gasteiger partial charge in [0.15, 0.2) is 0 Å². The van der Waals surface area contributed by atoms with Gasteiger partial charge in [0.1, 0.15) is 5.75 Å². The molecule has 1 aromatic carbocycles. The number of nitrogens with one attached hydrogen (secondary N) is 2. The molecule has 0 aliphatic carbocycles. The average Bonchev–Trinajstić information content (AvgIpc) is 2.39. The first-order valence-electron chi connectivity index (χ1n) is 6.93. The molecule has 0 atom stereocenters. The van der Waals surface area contributed by atoms with Gasteiger partial charge in [0.05, 0.1) is 6.10 Å². The molecule has 0 spiro atoms. The van der Waals surface area contributed by atoms with E-state index in [0.29, 0.717) is 0 Å². The lowest BCUT2D eigenvalue weighted by Gasteiger charge is -2.22. The molecule has 1 heterocycles. The summed E-state index contributed by atoms with van der Waals surface area (Å²) >= 11 is 0. The standard InChI is InChI=1S/C15H22N2O2/c1-11(2)19-14-5-3-4-13(10-14)17-15(18)12-6-8-16-9-7-12/h3-5,10-12,16H,6-9H2,1-2H3,(H,17,18). The van der Waals surface area contributed by atoms with Crippen LogP contribution in [0.2, 0.25) is 0 Å². The summed E-state index contributed by atoms with van der Waals surface area (Å²) in [6.07, 6.45) is 1.96. The second kappa shape index (κ2) is 6.57. The van der Waals surface area contributed by atoms with Crippen LogP contribution in [0.25, 0.3) is 0 Å². The zero-order valence-electron chi connectivity index (χ0n) is 11.6. The van der Waals surface area contributed by atoms with E-state index in [0.717, 1.165) is 37.4 Å². The van der Waals surface area contributed by atoms with E-state index < -0.39 is 0 Å². The van der Waals surface area contributed by atoms with E-state index in [1.54, 1.807) is 0 Å². The lowest BCUT2D eigenvalue weighted by Crippen LogP contribution is -2.34. The van der Waals surface area contributed by atoms with Crippen molar-refractivity contribution in [3.63, 3.8) is 0 Å². The van der Waals surface area contributed by atoms with Gasteiger partial charge >= 0.3 is 0 Å². The highest BCUT2D eigenvalue weighted by molar-refractivity contribution is 5.92. The summed E-state index contributed by atoms with van der Waals surface area (Å²) in [5.41, 5.74) is 0.807. The van der Waals surface area contributed by atoms with Crippen molar-refractivity contribution in [2.45, 2.75) is 32.8 Å². The molecular formula is C15H22N2O2. The Hall–Kier alpha value is -1.55. The van der Waals surface area contributed by atoms with Crippen LogP contribution in [0, 0.1) is 5.92 Å². The molecule has 1 fully saturated rings. The van der Waals surface area contributed by atoms with Crippen LogP contribution in [0.3, 0.4) is 0 Å². The Bertz CT molecular complexity index is 426. The van der Waals surface area contributed by atoms with Gasteiger partial charge in [0.2, 0.25) is 5.91 Å². The number of anilines is 1. The average molecular weight is 262 g/mol. The Balaban J connectivity index is 1.96. The fraction of sp³-hybridized carbons (Fsp3) is 0.533. The maximum Gasteiger partial charge on any atom is 0.227 e. The zero-order valence-corrected chi connectivity index (χ0v) is 11.6. The third-order valence-corrected chi connectivity index (χ3v) is 3.18. The number of hydrogen-bond acceptors (Lipinski definition) is 3. The topological polar surface area (TPSA) is 50.4 Å². The van der Waals surface area contributed by atoms with Crippen LogP contribution in [-0.2, 0) is 4.79 Å². The highest BCUT2D eigenvalue weighted by atomic mass is 16.5. The molecule has 0 saturated carbocycles. The molecule has 1 amide bonds. The molecule has 4 nitrogen and oxygen atoms in total. The number of hydrogen-bond donors (Lipinski definition) is 2. The molecular weight excluding hydrogens is 240 g/mol.